The molecule has 5 nitrogen and oxygen atoms in total. The second-order valence-electron chi connectivity index (χ2n) is 7.72. The Balaban J connectivity index is 0.000000568. The van der Waals surface area contributed by atoms with Crippen LogP contribution in [-0.4, -0.2) is 57.2 Å². The van der Waals surface area contributed by atoms with Gasteiger partial charge in [0.15, 0.2) is 5.75 Å². The monoisotopic (exact) mass is 509 g/mol. The van der Waals surface area contributed by atoms with E-state index < -0.39 is 0 Å². The smallest absolute Gasteiger partial charge is 0.493 e. The molecule has 1 saturated heterocycles. The van der Waals surface area contributed by atoms with E-state index in [2.05, 4.69) is 21.2 Å². The minimum atomic E-state index is 0. The molecular weight excluding hydrogens is 478 g/mol. The molecule has 1 amide bonds. The molecule has 0 bridgehead atoms. The number of para-hydroxylation sites is 1. The van der Waals surface area contributed by atoms with Crippen LogP contribution in [-0.2, 0) is 21.9 Å². The Labute approximate surface area is 216 Å². The number of benzene rings is 1. The number of piperazine rings is 1. The fourth-order valence-electron chi connectivity index (χ4n) is 3.77. The first-order chi connectivity index (χ1) is 15.7. The van der Waals surface area contributed by atoms with Gasteiger partial charge in [-0.1, -0.05) is 17.7 Å². The van der Waals surface area contributed by atoms with Crippen LogP contribution in [0.5, 0.6) is 5.75 Å². The molecule has 1 aromatic carbocycles. The van der Waals surface area contributed by atoms with E-state index in [0.717, 1.165) is 69.5 Å². The second kappa shape index (κ2) is 15.9. The zero-order chi connectivity index (χ0) is 22.6. The van der Waals surface area contributed by atoms with Crippen molar-refractivity contribution in [2.24, 2.45) is 0 Å². The first kappa shape index (κ1) is 28.3. The molecule has 1 aromatic rings. The van der Waals surface area contributed by atoms with Crippen molar-refractivity contribution in [1.29, 1.82) is 0 Å². The van der Waals surface area contributed by atoms with Crippen molar-refractivity contribution < 1.29 is 26.6 Å². The van der Waals surface area contributed by atoms with Crippen LogP contribution in [0.4, 0.5) is 5.69 Å². The van der Waals surface area contributed by atoms with Crippen molar-refractivity contribution in [1.82, 2.24) is 10.2 Å². The Morgan fingerprint density at radius 1 is 0.970 bits per heavy atom. The maximum Gasteiger partial charge on any atom is 2.00 e. The maximum absolute atomic E-state index is 11.9. The van der Waals surface area contributed by atoms with Gasteiger partial charge in [0.2, 0.25) is 5.91 Å². The molecule has 0 aromatic heterocycles. The number of hydrogen-bond donors (Lipinski definition) is 1. The Bertz CT molecular complexity index is 681. The number of halogens is 1. The molecule has 1 aliphatic heterocycles. The summed E-state index contributed by atoms with van der Waals surface area (Å²) in [6.45, 7) is 5.76. The van der Waals surface area contributed by atoms with Crippen LogP contribution in [0.2, 0.25) is 5.02 Å². The van der Waals surface area contributed by atoms with Crippen molar-refractivity contribution in [3.8, 4) is 5.75 Å². The third-order valence-corrected chi connectivity index (χ3v) is 5.83. The van der Waals surface area contributed by atoms with Gasteiger partial charge in [0.1, 0.15) is 0 Å². The third-order valence-electron chi connectivity index (χ3n) is 5.53. The summed E-state index contributed by atoms with van der Waals surface area (Å²) in [6.07, 6.45) is 19.5. The molecule has 1 N–H and O–H groups in total. The quantitative estimate of drug-likeness (QED) is 0.428. The van der Waals surface area contributed by atoms with Crippen LogP contribution in [0.3, 0.4) is 0 Å². The van der Waals surface area contributed by atoms with Gasteiger partial charge in [-0.2, -0.15) is 0 Å². The first-order valence-corrected chi connectivity index (χ1v) is 11.5. The molecular formula is C26H32ClFeN3O2+2. The Morgan fingerprint density at radius 3 is 2.21 bits per heavy atom. The Morgan fingerprint density at radius 2 is 1.61 bits per heavy atom. The standard InChI is InChI=1S/C21H27ClN3O2.C5H5.Fe/c1-27-20-18(22)9-6-10-19(20)25-15-13-24(14-16-25)12-5-4-11-23-21(26)17-7-2-3-8-17;1-2-4-5-3-1;/h2-3,6-10H,4-5,11-16H2,1H3,(H,23,26);1-5H;/q;;+2. The van der Waals surface area contributed by atoms with Crippen LogP contribution < -0.4 is 15.0 Å². The van der Waals surface area contributed by atoms with Crippen molar-refractivity contribution in [2.45, 2.75) is 12.8 Å². The zero-order valence-electron chi connectivity index (χ0n) is 19.0. The summed E-state index contributed by atoms with van der Waals surface area (Å²) in [5.41, 5.74) is 1.07. The molecule has 2 saturated carbocycles. The first-order valence-electron chi connectivity index (χ1n) is 11.2. The molecule has 3 aliphatic rings. The Kier molecular flexibility index (Phi) is 13.6. The molecule has 0 atom stereocenters. The summed E-state index contributed by atoms with van der Waals surface area (Å²) in [4.78, 5) is 16.7. The van der Waals surface area contributed by atoms with E-state index in [1.807, 2.05) is 69.9 Å². The summed E-state index contributed by atoms with van der Waals surface area (Å²) < 4.78 is 5.47. The van der Waals surface area contributed by atoms with Gasteiger partial charge in [-0.05, 0) is 89.3 Å². The number of carbonyl (C=O) groups is 1. The summed E-state index contributed by atoms with van der Waals surface area (Å²) in [7, 11) is 1.66. The number of carbonyl (C=O) groups excluding carboxylic acids is 1. The van der Waals surface area contributed by atoms with Crippen LogP contribution in [0.15, 0.2) is 18.2 Å². The normalized spacial score (nSPS) is 18.9. The van der Waals surface area contributed by atoms with Gasteiger partial charge in [-0.3, -0.25) is 9.69 Å². The number of hydrogen-bond acceptors (Lipinski definition) is 4. The summed E-state index contributed by atoms with van der Waals surface area (Å²) in [6, 6.07) is 5.89. The fourth-order valence-corrected chi connectivity index (χ4v) is 4.02. The summed E-state index contributed by atoms with van der Waals surface area (Å²) in [5, 5.41) is 3.63. The molecule has 0 spiro atoms. The molecule has 2 aliphatic carbocycles. The van der Waals surface area contributed by atoms with Crippen molar-refractivity contribution in [3.63, 3.8) is 0 Å². The van der Waals surface area contributed by atoms with Crippen LogP contribution >= 0.6 is 11.6 Å². The average molecular weight is 510 g/mol. The van der Waals surface area contributed by atoms with Crippen molar-refractivity contribution in [2.75, 3.05) is 51.3 Å². The number of methoxy groups -OCH3 is 1. The topological polar surface area (TPSA) is 44.8 Å². The SMILES string of the molecule is COc1c(Cl)cccc1N1CCN(CCCCNC(=O)[C]2[CH][CH][CH][CH]2)CC1.[CH]1[CH][CH][CH][CH]1.[Fe+2]. The van der Waals surface area contributed by atoms with Gasteiger partial charge < -0.3 is 15.0 Å². The number of ether oxygens (including phenoxy) is 1. The van der Waals surface area contributed by atoms with E-state index in [1.54, 1.807) is 7.11 Å². The van der Waals surface area contributed by atoms with Crippen LogP contribution in [0.1, 0.15) is 12.8 Å². The number of amides is 1. The number of rotatable bonds is 8. The van der Waals surface area contributed by atoms with Crippen molar-refractivity contribution >= 4 is 23.2 Å². The molecule has 3 fully saturated rings. The van der Waals surface area contributed by atoms with Gasteiger partial charge in [-0.25, -0.2) is 0 Å². The molecule has 0 unspecified atom stereocenters. The summed E-state index contributed by atoms with van der Waals surface area (Å²) in [5.74, 6) is 1.51. The molecule has 7 heteroatoms. The van der Waals surface area contributed by atoms with E-state index in [0.29, 0.717) is 5.02 Å². The van der Waals surface area contributed by atoms with E-state index in [9.17, 15) is 4.79 Å². The van der Waals surface area contributed by atoms with Crippen molar-refractivity contribution in [3.05, 3.63) is 86.9 Å². The van der Waals surface area contributed by atoms with Gasteiger partial charge in [0, 0.05) is 32.7 Å². The summed E-state index contributed by atoms with van der Waals surface area (Å²) >= 11 is 6.24. The van der Waals surface area contributed by atoms with Crippen LogP contribution in [0, 0.1) is 63.7 Å². The predicted octanol–water partition coefficient (Wildman–Crippen LogP) is 3.79. The maximum atomic E-state index is 11.9. The number of unbranched alkanes of at least 4 members (excludes halogenated alkanes) is 1. The molecule has 1 heterocycles. The minimum absolute atomic E-state index is 0. The average Bonchev–Trinajstić information content (AvgIpc) is 3.56. The fraction of sp³-hybridized carbons (Fsp3) is 0.346. The van der Waals surface area contributed by atoms with E-state index in [1.165, 1.54) is 0 Å². The van der Waals surface area contributed by atoms with Gasteiger partial charge in [0.05, 0.1) is 23.7 Å². The van der Waals surface area contributed by atoms with E-state index in [-0.39, 0.29) is 23.0 Å². The molecule has 10 radical (unpaired) electrons. The Hall–Kier alpha value is -0.941. The molecule has 4 rings (SSSR count). The van der Waals surface area contributed by atoms with E-state index >= 15 is 0 Å². The van der Waals surface area contributed by atoms with Crippen LogP contribution in [0.25, 0.3) is 0 Å². The minimum Gasteiger partial charge on any atom is -0.493 e. The largest absolute Gasteiger partial charge is 2.00 e. The number of nitrogens with one attached hydrogen (secondary N) is 1. The zero-order valence-corrected chi connectivity index (χ0v) is 20.9. The van der Waals surface area contributed by atoms with Gasteiger partial charge in [0.25, 0.3) is 0 Å². The molecule has 176 valence electrons. The van der Waals surface area contributed by atoms with Gasteiger partial charge in [-0.15, -0.1) is 0 Å². The van der Waals surface area contributed by atoms with Gasteiger partial charge >= 0.3 is 17.1 Å². The second-order valence-corrected chi connectivity index (χ2v) is 8.13. The van der Waals surface area contributed by atoms with E-state index in [4.69, 9.17) is 16.3 Å². The molecule has 33 heavy (non-hydrogen) atoms. The number of anilines is 1. The third kappa shape index (κ3) is 9.32. The predicted molar refractivity (Wildman–Crippen MR) is 131 cm³/mol. The number of nitrogens with zero attached hydrogens (tertiary/aromatic N) is 2.